The van der Waals surface area contributed by atoms with Crippen molar-refractivity contribution < 1.29 is 10.2 Å². The van der Waals surface area contributed by atoms with E-state index < -0.39 is 0 Å². The average molecular weight is 443 g/mol. The summed E-state index contributed by atoms with van der Waals surface area (Å²) in [6.45, 7) is 21.9. The summed E-state index contributed by atoms with van der Waals surface area (Å²) in [5.74, 6) is 3.21. The third-order valence-electron chi connectivity index (χ3n) is 13.6. The third-order valence-corrected chi connectivity index (χ3v) is 13.6. The Kier molecular flexibility index (Phi) is 5.02. The van der Waals surface area contributed by atoms with Gasteiger partial charge in [-0.15, -0.1) is 0 Å². The minimum Gasteiger partial charge on any atom is -0.393 e. The van der Waals surface area contributed by atoms with Gasteiger partial charge in [-0.2, -0.15) is 0 Å². The van der Waals surface area contributed by atoms with E-state index in [4.69, 9.17) is 0 Å². The van der Waals surface area contributed by atoms with Crippen LogP contribution in [0.2, 0.25) is 0 Å². The molecule has 0 amide bonds. The van der Waals surface area contributed by atoms with Crippen LogP contribution in [-0.2, 0) is 0 Å². The largest absolute Gasteiger partial charge is 0.393 e. The molecule has 5 aliphatic rings. The zero-order chi connectivity index (χ0) is 23.5. The minimum atomic E-state index is -0.312. The molecule has 0 aliphatic heterocycles. The number of hydrogen-bond acceptors (Lipinski definition) is 2. The topological polar surface area (TPSA) is 40.5 Å². The number of fused-ring (bicyclic) bond motifs is 7. The highest BCUT2D eigenvalue weighted by Crippen LogP contribution is 2.76. The molecule has 0 aromatic heterocycles. The third kappa shape index (κ3) is 2.66. The van der Waals surface area contributed by atoms with Gasteiger partial charge >= 0.3 is 0 Å². The SMILES string of the molecule is C=C1[C@H](O)C[C@]2(C)CC[C@]3(C)[C@H](CC[C@@H]4[C@@]5(C)CC[C@H](O)C(C)(C)[C@@H]5CC[C@]43C)[C@H]2[C@@H]1C. The monoisotopic (exact) mass is 442 g/mol. The molecule has 0 aromatic carbocycles. The van der Waals surface area contributed by atoms with Crippen LogP contribution in [0.5, 0.6) is 0 Å². The van der Waals surface area contributed by atoms with Crippen molar-refractivity contribution in [3.8, 4) is 0 Å². The average Bonchev–Trinajstić information content (AvgIpc) is 2.70. The van der Waals surface area contributed by atoms with Gasteiger partial charge in [0.05, 0.1) is 12.2 Å². The van der Waals surface area contributed by atoms with Crippen molar-refractivity contribution in [1.29, 1.82) is 0 Å². The molecule has 2 nitrogen and oxygen atoms in total. The van der Waals surface area contributed by atoms with Crippen LogP contribution in [0.4, 0.5) is 0 Å². The van der Waals surface area contributed by atoms with E-state index >= 15 is 0 Å². The first kappa shape index (κ1) is 23.4. The summed E-state index contributed by atoms with van der Waals surface area (Å²) in [6.07, 6.45) is 10.5. The van der Waals surface area contributed by atoms with Crippen molar-refractivity contribution in [3.63, 3.8) is 0 Å². The molecule has 0 aromatic rings. The molecule has 2 N–H and O–H groups in total. The zero-order valence-electron chi connectivity index (χ0n) is 22.0. The van der Waals surface area contributed by atoms with E-state index in [1.165, 1.54) is 44.9 Å². The maximum absolute atomic E-state index is 10.9. The molecule has 0 unspecified atom stereocenters. The van der Waals surface area contributed by atoms with Crippen LogP contribution in [0.25, 0.3) is 0 Å². The molecule has 182 valence electrons. The first-order chi connectivity index (χ1) is 14.7. The second kappa shape index (κ2) is 6.87. The van der Waals surface area contributed by atoms with Crippen molar-refractivity contribution >= 4 is 0 Å². The number of aliphatic hydroxyl groups excluding tert-OH is 2. The molecule has 0 bridgehead atoms. The highest BCUT2D eigenvalue weighted by molar-refractivity contribution is 5.23. The van der Waals surface area contributed by atoms with E-state index in [0.717, 1.165) is 30.3 Å². The lowest BCUT2D eigenvalue weighted by molar-refractivity contribution is -0.253. The quantitative estimate of drug-likeness (QED) is 0.397. The maximum Gasteiger partial charge on any atom is 0.0755 e. The molecular formula is C30H50O2. The Morgan fingerprint density at radius 1 is 0.781 bits per heavy atom. The Morgan fingerprint density at radius 2 is 1.47 bits per heavy atom. The Balaban J connectivity index is 1.54. The second-order valence-electron chi connectivity index (χ2n) is 14.8. The Labute approximate surface area is 197 Å². The van der Waals surface area contributed by atoms with E-state index in [0.29, 0.717) is 34.0 Å². The molecule has 5 fully saturated rings. The molecule has 2 heteroatoms. The fraction of sp³-hybridized carbons (Fsp3) is 0.933. The molecular weight excluding hydrogens is 392 g/mol. The number of rotatable bonds is 0. The number of aliphatic hydroxyl groups is 2. The van der Waals surface area contributed by atoms with Gasteiger partial charge in [-0.05, 0) is 120 Å². The van der Waals surface area contributed by atoms with Crippen LogP contribution < -0.4 is 0 Å². The molecule has 5 rings (SSSR count). The summed E-state index contributed by atoms with van der Waals surface area (Å²) in [5.41, 5.74) is 2.47. The van der Waals surface area contributed by atoms with Gasteiger partial charge in [0.15, 0.2) is 0 Å². The summed E-state index contributed by atoms with van der Waals surface area (Å²) in [4.78, 5) is 0. The first-order valence-corrected chi connectivity index (χ1v) is 13.8. The predicted molar refractivity (Wildman–Crippen MR) is 132 cm³/mol. The van der Waals surface area contributed by atoms with Crippen molar-refractivity contribution in [2.24, 2.45) is 56.7 Å². The standard InChI is InChI=1S/C30H50O2/c1-18-19(2)25-20-9-10-23-28(6)13-12-24(32)26(3,4)22(28)11-14-30(23,8)29(20,7)16-15-27(25,5)17-21(18)31/h19-25,31-32H,1,9-17H2,2-8H3/t19-,20-,21-,22+,23-,24+,25-,27+,28+,29-,30-/m1/s1. The van der Waals surface area contributed by atoms with Gasteiger partial charge in [-0.25, -0.2) is 0 Å². The highest BCUT2D eigenvalue weighted by atomic mass is 16.3. The molecule has 0 spiro atoms. The zero-order valence-corrected chi connectivity index (χ0v) is 22.0. The van der Waals surface area contributed by atoms with Crippen LogP contribution in [0.3, 0.4) is 0 Å². The molecule has 0 saturated heterocycles. The van der Waals surface area contributed by atoms with E-state index in [2.05, 4.69) is 55.0 Å². The molecule has 0 radical (unpaired) electrons. The fourth-order valence-electron chi connectivity index (χ4n) is 11.5. The minimum absolute atomic E-state index is 0.0307. The van der Waals surface area contributed by atoms with Gasteiger partial charge in [0, 0.05) is 0 Å². The van der Waals surface area contributed by atoms with Crippen LogP contribution in [0.1, 0.15) is 106 Å². The first-order valence-electron chi connectivity index (χ1n) is 13.8. The van der Waals surface area contributed by atoms with E-state index in [1.807, 2.05) is 0 Å². The van der Waals surface area contributed by atoms with Crippen LogP contribution >= 0.6 is 0 Å². The summed E-state index contributed by atoms with van der Waals surface area (Å²) in [6, 6.07) is 0. The Morgan fingerprint density at radius 3 is 2.16 bits per heavy atom. The second-order valence-corrected chi connectivity index (χ2v) is 14.8. The summed E-state index contributed by atoms with van der Waals surface area (Å²) < 4.78 is 0. The summed E-state index contributed by atoms with van der Waals surface area (Å²) in [5, 5.41) is 21.7. The smallest absolute Gasteiger partial charge is 0.0755 e. The molecule has 0 heterocycles. The van der Waals surface area contributed by atoms with Crippen molar-refractivity contribution in [3.05, 3.63) is 12.2 Å². The summed E-state index contributed by atoms with van der Waals surface area (Å²) >= 11 is 0. The van der Waals surface area contributed by atoms with Crippen molar-refractivity contribution in [1.82, 2.24) is 0 Å². The van der Waals surface area contributed by atoms with Crippen LogP contribution in [-0.4, -0.2) is 22.4 Å². The molecule has 5 aliphatic carbocycles. The number of hydrogen-bond donors (Lipinski definition) is 2. The van der Waals surface area contributed by atoms with Gasteiger partial charge < -0.3 is 10.2 Å². The normalized spacial score (nSPS) is 59.4. The van der Waals surface area contributed by atoms with Crippen molar-refractivity contribution in [2.75, 3.05) is 0 Å². The van der Waals surface area contributed by atoms with Crippen LogP contribution in [0, 0.1) is 56.7 Å². The fourth-order valence-corrected chi connectivity index (χ4v) is 11.5. The van der Waals surface area contributed by atoms with Crippen LogP contribution in [0.15, 0.2) is 12.2 Å². The van der Waals surface area contributed by atoms with Gasteiger partial charge in [0.25, 0.3) is 0 Å². The van der Waals surface area contributed by atoms with E-state index in [-0.39, 0.29) is 23.0 Å². The van der Waals surface area contributed by atoms with Crippen molar-refractivity contribution in [2.45, 2.75) is 118 Å². The maximum atomic E-state index is 10.9. The molecule has 11 atom stereocenters. The molecule has 32 heavy (non-hydrogen) atoms. The lowest BCUT2D eigenvalue weighted by atomic mass is 9.31. The predicted octanol–water partition coefficient (Wildman–Crippen LogP) is 7.00. The Hall–Kier alpha value is -0.340. The van der Waals surface area contributed by atoms with E-state index in [9.17, 15) is 10.2 Å². The lowest BCUT2D eigenvalue weighted by Crippen LogP contribution is -2.67. The lowest BCUT2D eigenvalue weighted by Gasteiger charge is -2.74. The van der Waals surface area contributed by atoms with Gasteiger partial charge in [0.2, 0.25) is 0 Å². The Bertz CT molecular complexity index is 801. The van der Waals surface area contributed by atoms with E-state index in [1.54, 1.807) is 0 Å². The highest BCUT2D eigenvalue weighted by Gasteiger charge is 2.70. The summed E-state index contributed by atoms with van der Waals surface area (Å²) in [7, 11) is 0. The van der Waals surface area contributed by atoms with Gasteiger partial charge in [-0.1, -0.05) is 55.0 Å². The molecule has 5 saturated carbocycles. The van der Waals surface area contributed by atoms with Gasteiger partial charge in [-0.3, -0.25) is 0 Å². The van der Waals surface area contributed by atoms with Gasteiger partial charge in [0.1, 0.15) is 0 Å².